The predicted molar refractivity (Wildman–Crippen MR) is 92.2 cm³/mol. The highest BCUT2D eigenvalue weighted by molar-refractivity contribution is 5.89. The molecule has 130 valence electrons. The third-order valence-electron chi connectivity index (χ3n) is 5.30. The molecule has 24 heavy (non-hydrogen) atoms. The number of piperidine rings is 2. The standard InChI is InChI=1S/C18H25N3O3/c1-20-16(22)5-3-10-18(20)11-4-12-21(13-18)17(23)19-14-6-8-15(24-2)9-7-14/h6-9H,3-5,10-13H2,1-2H3,(H,19,23). The molecule has 2 fully saturated rings. The normalized spacial score (nSPS) is 24.2. The highest BCUT2D eigenvalue weighted by Crippen LogP contribution is 2.35. The van der Waals surface area contributed by atoms with Gasteiger partial charge in [-0.25, -0.2) is 4.79 Å². The Bertz CT molecular complexity index is 612. The molecule has 6 heteroatoms. The van der Waals surface area contributed by atoms with Gasteiger partial charge in [0.05, 0.1) is 12.6 Å². The molecule has 1 unspecified atom stereocenters. The molecule has 3 rings (SSSR count). The van der Waals surface area contributed by atoms with Gasteiger partial charge in [-0.3, -0.25) is 4.79 Å². The van der Waals surface area contributed by atoms with Gasteiger partial charge in [-0.2, -0.15) is 0 Å². The Labute approximate surface area is 142 Å². The fourth-order valence-corrected chi connectivity index (χ4v) is 3.81. The summed E-state index contributed by atoms with van der Waals surface area (Å²) >= 11 is 0. The van der Waals surface area contributed by atoms with Gasteiger partial charge in [0.25, 0.3) is 0 Å². The van der Waals surface area contributed by atoms with Gasteiger partial charge in [0.15, 0.2) is 0 Å². The Morgan fingerprint density at radius 2 is 1.92 bits per heavy atom. The maximum atomic E-state index is 12.6. The van der Waals surface area contributed by atoms with Crippen molar-refractivity contribution in [3.05, 3.63) is 24.3 Å². The first-order valence-corrected chi connectivity index (χ1v) is 8.51. The van der Waals surface area contributed by atoms with E-state index in [1.54, 1.807) is 7.11 Å². The number of methoxy groups -OCH3 is 1. The zero-order valence-corrected chi connectivity index (χ0v) is 14.4. The number of carbonyl (C=O) groups excluding carboxylic acids is 2. The third-order valence-corrected chi connectivity index (χ3v) is 5.30. The van der Waals surface area contributed by atoms with Crippen LogP contribution < -0.4 is 10.1 Å². The lowest BCUT2D eigenvalue weighted by molar-refractivity contribution is -0.142. The molecular weight excluding hydrogens is 306 g/mol. The zero-order chi connectivity index (χ0) is 17.2. The number of urea groups is 1. The van der Waals surface area contributed by atoms with Crippen molar-refractivity contribution in [1.82, 2.24) is 9.80 Å². The summed E-state index contributed by atoms with van der Waals surface area (Å²) < 4.78 is 5.13. The highest BCUT2D eigenvalue weighted by Gasteiger charge is 2.44. The average Bonchev–Trinajstić information content (AvgIpc) is 2.60. The number of amides is 3. The Hall–Kier alpha value is -2.24. The van der Waals surface area contributed by atoms with E-state index in [1.165, 1.54) is 0 Å². The summed E-state index contributed by atoms with van der Waals surface area (Å²) in [6, 6.07) is 7.19. The molecule has 2 saturated heterocycles. The zero-order valence-electron chi connectivity index (χ0n) is 14.4. The first kappa shape index (κ1) is 16.6. The molecule has 0 saturated carbocycles. The summed E-state index contributed by atoms with van der Waals surface area (Å²) in [7, 11) is 3.50. The van der Waals surface area contributed by atoms with Gasteiger partial charge in [-0.15, -0.1) is 0 Å². The molecule has 0 aliphatic carbocycles. The van der Waals surface area contributed by atoms with Crippen LogP contribution in [0.2, 0.25) is 0 Å². The summed E-state index contributed by atoms with van der Waals surface area (Å²) in [4.78, 5) is 28.4. The maximum absolute atomic E-state index is 12.6. The Morgan fingerprint density at radius 3 is 2.62 bits per heavy atom. The quantitative estimate of drug-likeness (QED) is 0.906. The number of benzene rings is 1. The molecule has 3 amide bonds. The number of likely N-dealkylation sites (tertiary alicyclic amines) is 2. The second-order valence-electron chi connectivity index (χ2n) is 6.71. The van der Waals surface area contributed by atoms with Crippen LogP contribution in [0.5, 0.6) is 5.75 Å². The first-order chi connectivity index (χ1) is 11.5. The lowest BCUT2D eigenvalue weighted by atomic mass is 9.80. The predicted octanol–water partition coefficient (Wildman–Crippen LogP) is 2.70. The van der Waals surface area contributed by atoms with E-state index in [9.17, 15) is 9.59 Å². The van der Waals surface area contributed by atoms with Crippen molar-refractivity contribution in [3.8, 4) is 5.75 Å². The highest BCUT2D eigenvalue weighted by atomic mass is 16.5. The van der Waals surface area contributed by atoms with E-state index < -0.39 is 0 Å². The SMILES string of the molecule is COc1ccc(NC(=O)N2CCCC3(CCCC(=O)N3C)C2)cc1. The van der Waals surface area contributed by atoms with Crippen LogP contribution >= 0.6 is 0 Å². The van der Waals surface area contributed by atoms with Crippen LogP contribution in [-0.2, 0) is 4.79 Å². The summed E-state index contributed by atoms with van der Waals surface area (Å²) in [5, 5.41) is 2.94. The monoisotopic (exact) mass is 331 g/mol. The van der Waals surface area contributed by atoms with Crippen LogP contribution in [0.25, 0.3) is 0 Å². The van der Waals surface area contributed by atoms with E-state index in [4.69, 9.17) is 4.74 Å². The van der Waals surface area contributed by atoms with Crippen molar-refractivity contribution in [2.75, 3.05) is 32.6 Å². The Balaban J connectivity index is 1.67. The molecule has 0 aromatic heterocycles. The van der Waals surface area contributed by atoms with Gasteiger partial charge in [0.1, 0.15) is 5.75 Å². The van der Waals surface area contributed by atoms with E-state index in [0.717, 1.165) is 43.7 Å². The van der Waals surface area contributed by atoms with Crippen molar-refractivity contribution in [2.24, 2.45) is 0 Å². The van der Waals surface area contributed by atoms with Crippen molar-refractivity contribution in [3.63, 3.8) is 0 Å². The van der Waals surface area contributed by atoms with Gasteiger partial charge in [0, 0.05) is 32.2 Å². The fourth-order valence-electron chi connectivity index (χ4n) is 3.81. The molecule has 1 aromatic rings. The number of rotatable bonds is 2. The van der Waals surface area contributed by atoms with Gasteiger partial charge in [-0.1, -0.05) is 0 Å². The number of ether oxygens (including phenoxy) is 1. The van der Waals surface area contributed by atoms with Gasteiger partial charge in [-0.05, 0) is 49.9 Å². The minimum Gasteiger partial charge on any atom is -0.497 e. The maximum Gasteiger partial charge on any atom is 0.321 e. The summed E-state index contributed by atoms with van der Waals surface area (Å²) in [5.41, 5.74) is 0.554. The van der Waals surface area contributed by atoms with Crippen LogP contribution in [0.4, 0.5) is 10.5 Å². The molecular formula is C18H25N3O3. The molecule has 6 nitrogen and oxygen atoms in total. The fraction of sp³-hybridized carbons (Fsp3) is 0.556. The summed E-state index contributed by atoms with van der Waals surface area (Å²) in [5.74, 6) is 0.950. The van der Waals surface area contributed by atoms with Crippen LogP contribution in [0.1, 0.15) is 32.1 Å². The average molecular weight is 331 g/mol. The second-order valence-corrected chi connectivity index (χ2v) is 6.71. The first-order valence-electron chi connectivity index (χ1n) is 8.51. The number of nitrogens with one attached hydrogen (secondary N) is 1. The van der Waals surface area contributed by atoms with E-state index in [0.29, 0.717) is 13.0 Å². The van der Waals surface area contributed by atoms with Crippen molar-refractivity contribution < 1.29 is 14.3 Å². The molecule has 1 spiro atoms. The van der Waals surface area contributed by atoms with Crippen molar-refractivity contribution >= 4 is 17.6 Å². The molecule has 0 bridgehead atoms. The van der Waals surface area contributed by atoms with Crippen LogP contribution in [-0.4, -0.2) is 54.5 Å². The number of hydrogen-bond acceptors (Lipinski definition) is 3. The minimum atomic E-state index is -0.190. The van der Waals surface area contributed by atoms with Gasteiger partial charge in [0.2, 0.25) is 5.91 Å². The molecule has 2 aliphatic heterocycles. The minimum absolute atomic E-state index is 0.106. The van der Waals surface area contributed by atoms with Crippen LogP contribution in [0.15, 0.2) is 24.3 Å². The van der Waals surface area contributed by atoms with Crippen LogP contribution in [0.3, 0.4) is 0 Å². The summed E-state index contributed by atoms with van der Waals surface area (Å²) in [6.07, 6.45) is 4.41. The van der Waals surface area contributed by atoms with Crippen LogP contribution in [0, 0.1) is 0 Å². The van der Waals surface area contributed by atoms with Crippen molar-refractivity contribution in [1.29, 1.82) is 0 Å². The molecule has 1 N–H and O–H groups in total. The lowest BCUT2D eigenvalue weighted by Gasteiger charge is -2.50. The molecule has 2 aliphatic rings. The Kier molecular flexibility index (Phi) is 4.64. The van der Waals surface area contributed by atoms with E-state index >= 15 is 0 Å². The Morgan fingerprint density at radius 1 is 1.21 bits per heavy atom. The van der Waals surface area contributed by atoms with Gasteiger partial charge < -0.3 is 19.9 Å². The molecule has 1 atom stereocenters. The third kappa shape index (κ3) is 3.18. The van der Waals surface area contributed by atoms with E-state index in [1.807, 2.05) is 41.1 Å². The topological polar surface area (TPSA) is 61.9 Å². The second kappa shape index (κ2) is 6.71. The molecule has 1 aromatic carbocycles. The number of hydrogen-bond donors (Lipinski definition) is 1. The van der Waals surface area contributed by atoms with E-state index in [2.05, 4.69) is 5.32 Å². The largest absolute Gasteiger partial charge is 0.497 e. The smallest absolute Gasteiger partial charge is 0.321 e. The lowest BCUT2D eigenvalue weighted by Crippen LogP contribution is -2.62. The number of anilines is 1. The molecule has 0 radical (unpaired) electrons. The number of carbonyl (C=O) groups is 2. The van der Waals surface area contributed by atoms with Gasteiger partial charge >= 0.3 is 6.03 Å². The molecule has 2 heterocycles. The number of likely N-dealkylation sites (N-methyl/N-ethyl adjacent to an activating group) is 1. The van der Waals surface area contributed by atoms with E-state index in [-0.39, 0.29) is 17.5 Å². The van der Waals surface area contributed by atoms with Crippen molar-refractivity contribution in [2.45, 2.75) is 37.6 Å². The number of nitrogens with zero attached hydrogens (tertiary/aromatic N) is 2. The summed E-state index contributed by atoms with van der Waals surface area (Å²) in [6.45, 7) is 1.34.